The normalized spacial score (nSPS) is 17.9. The van der Waals surface area contributed by atoms with Crippen LogP contribution in [0, 0.1) is 0 Å². The maximum Gasteiger partial charge on any atom is 0.119 e. The molecule has 2 aliphatic heterocycles. The predicted molar refractivity (Wildman–Crippen MR) is 126 cm³/mol. The van der Waals surface area contributed by atoms with Gasteiger partial charge in [-0.25, -0.2) is 0 Å². The van der Waals surface area contributed by atoms with E-state index >= 15 is 0 Å². The van der Waals surface area contributed by atoms with Crippen LogP contribution in [-0.4, -0.2) is 62.2 Å². The SMILES string of the molecule is c1ccc(NCCN2CCc3ccc(OCCCN4CCCCC4)cc3CC2)cc1. The highest BCUT2D eigenvalue weighted by atomic mass is 16.5. The first kappa shape index (κ1) is 21.2. The van der Waals surface area contributed by atoms with E-state index in [-0.39, 0.29) is 0 Å². The molecule has 0 atom stereocenters. The molecule has 1 N–H and O–H groups in total. The minimum absolute atomic E-state index is 0.826. The third kappa shape index (κ3) is 6.48. The second-order valence-electron chi connectivity index (χ2n) is 8.67. The summed E-state index contributed by atoms with van der Waals surface area (Å²) in [4.78, 5) is 5.17. The number of hydrogen-bond donors (Lipinski definition) is 1. The first-order valence-electron chi connectivity index (χ1n) is 11.8. The topological polar surface area (TPSA) is 27.7 Å². The third-order valence-electron chi connectivity index (χ3n) is 6.44. The van der Waals surface area contributed by atoms with Crippen molar-refractivity contribution in [3.05, 3.63) is 59.7 Å². The molecule has 162 valence electrons. The second-order valence-corrected chi connectivity index (χ2v) is 8.67. The van der Waals surface area contributed by atoms with Crippen molar-refractivity contribution in [2.24, 2.45) is 0 Å². The summed E-state index contributed by atoms with van der Waals surface area (Å²) < 4.78 is 6.09. The number of para-hydroxylation sites is 1. The summed E-state index contributed by atoms with van der Waals surface area (Å²) >= 11 is 0. The van der Waals surface area contributed by atoms with Crippen LogP contribution in [0.1, 0.15) is 36.8 Å². The quantitative estimate of drug-likeness (QED) is 0.622. The molecule has 0 amide bonds. The van der Waals surface area contributed by atoms with E-state index in [0.717, 1.165) is 57.8 Å². The molecule has 0 unspecified atom stereocenters. The van der Waals surface area contributed by atoms with Crippen LogP contribution < -0.4 is 10.1 Å². The fourth-order valence-electron chi connectivity index (χ4n) is 4.64. The van der Waals surface area contributed by atoms with Crippen molar-refractivity contribution in [3.63, 3.8) is 0 Å². The molecule has 4 heteroatoms. The molecule has 30 heavy (non-hydrogen) atoms. The minimum Gasteiger partial charge on any atom is -0.494 e. The lowest BCUT2D eigenvalue weighted by molar-refractivity contribution is 0.205. The van der Waals surface area contributed by atoms with Crippen molar-refractivity contribution >= 4 is 5.69 Å². The van der Waals surface area contributed by atoms with Gasteiger partial charge in [0.05, 0.1) is 6.61 Å². The zero-order chi connectivity index (χ0) is 20.4. The van der Waals surface area contributed by atoms with E-state index in [4.69, 9.17) is 4.74 Å². The number of hydrogen-bond acceptors (Lipinski definition) is 4. The van der Waals surface area contributed by atoms with Crippen LogP contribution in [0.3, 0.4) is 0 Å². The van der Waals surface area contributed by atoms with Crippen molar-refractivity contribution in [2.75, 3.05) is 57.7 Å². The Kier molecular flexibility index (Phi) is 8.04. The fourth-order valence-corrected chi connectivity index (χ4v) is 4.64. The summed E-state index contributed by atoms with van der Waals surface area (Å²) in [5.74, 6) is 1.05. The molecule has 0 aromatic heterocycles. The molecule has 4 rings (SSSR count). The Morgan fingerprint density at radius 2 is 1.53 bits per heavy atom. The first-order chi connectivity index (χ1) is 14.9. The van der Waals surface area contributed by atoms with Gasteiger partial charge in [-0.15, -0.1) is 0 Å². The lowest BCUT2D eigenvalue weighted by atomic mass is 10.0. The highest BCUT2D eigenvalue weighted by molar-refractivity contribution is 5.42. The summed E-state index contributed by atoms with van der Waals surface area (Å²) in [6.45, 7) is 8.89. The molecule has 0 radical (unpaired) electrons. The van der Waals surface area contributed by atoms with Gasteiger partial charge >= 0.3 is 0 Å². The van der Waals surface area contributed by atoms with Crippen molar-refractivity contribution in [1.82, 2.24) is 9.80 Å². The number of nitrogens with one attached hydrogen (secondary N) is 1. The fraction of sp³-hybridized carbons (Fsp3) is 0.538. The molecule has 0 bridgehead atoms. The first-order valence-corrected chi connectivity index (χ1v) is 11.8. The Morgan fingerprint density at radius 1 is 0.767 bits per heavy atom. The van der Waals surface area contributed by atoms with Gasteiger partial charge < -0.3 is 19.9 Å². The Balaban J connectivity index is 1.18. The molecule has 2 aromatic rings. The van der Waals surface area contributed by atoms with Gasteiger partial charge in [-0.1, -0.05) is 30.7 Å². The molecule has 0 saturated carbocycles. The molecule has 1 saturated heterocycles. The number of fused-ring (bicyclic) bond motifs is 1. The smallest absolute Gasteiger partial charge is 0.119 e. The predicted octanol–water partition coefficient (Wildman–Crippen LogP) is 4.45. The summed E-state index contributed by atoms with van der Waals surface area (Å²) in [5.41, 5.74) is 4.17. The number of rotatable bonds is 9. The van der Waals surface area contributed by atoms with Gasteiger partial charge in [0, 0.05) is 38.4 Å². The standard InChI is InChI=1S/C26H37N3O/c1-3-8-25(9-4-1)27-14-20-29-18-12-23-10-11-26(22-24(23)13-19-29)30-21-7-17-28-15-5-2-6-16-28/h1,3-4,8-11,22,27H,2,5-7,12-21H2. The molecule has 0 aliphatic carbocycles. The highest BCUT2D eigenvalue weighted by Crippen LogP contribution is 2.22. The second kappa shape index (κ2) is 11.4. The van der Waals surface area contributed by atoms with Crippen molar-refractivity contribution in [1.29, 1.82) is 0 Å². The van der Waals surface area contributed by atoms with Gasteiger partial charge in [-0.3, -0.25) is 0 Å². The molecule has 2 aliphatic rings. The number of nitrogens with zero attached hydrogens (tertiary/aromatic N) is 2. The van der Waals surface area contributed by atoms with Gasteiger partial charge in [0.25, 0.3) is 0 Å². The molecular formula is C26H37N3O. The molecular weight excluding hydrogens is 370 g/mol. The van der Waals surface area contributed by atoms with E-state index in [1.165, 1.54) is 55.7 Å². The summed E-state index contributed by atoms with van der Waals surface area (Å²) in [6.07, 6.45) is 7.51. The highest BCUT2D eigenvalue weighted by Gasteiger charge is 2.15. The lowest BCUT2D eigenvalue weighted by Crippen LogP contribution is -2.31. The van der Waals surface area contributed by atoms with Gasteiger partial charge in [-0.05, 0) is 80.6 Å². The van der Waals surface area contributed by atoms with Gasteiger partial charge in [-0.2, -0.15) is 0 Å². The van der Waals surface area contributed by atoms with Crippen LogP contribution in [0.4, 0.5) is 5.69 Å². The monoisotopic (exact) mass is 407 g/mol. The Labute approximate surface area is 182 Å². The van der Waals surface area contributed by atoms with Gasteiger partial charge in [0.15, 0.2) is 0 Å². The average molecular weight is 408 g/mol. The number of likely N-dealkylation sites (tertiary alicyclic amines) is 1. The van der Waals surface area contributed by atoms with Crippen LogP contribution in [0.15, 0.2) is 48.5 Å². The minimum atomic E-state index is 0.826. The van der Waals surface area contributed by atoms with Crippen molar-refractivity contribution in [2.45, 2.75) is 38.5 Å². The zero-order valence-corrected chi connectivity index (χ0v) is 18.3. The lowest BCUT2D eigenvalue weighted by Gasteiger charge is -2.26. The maximum absolute atomic E-state index is 6.09. The van der Waals surface area contributed by atoms with Gasteiger partial charge in [0.1, 0.15) is 5.75 Å². The molecule has 2 aromatic carbocycles. The summed E-state index contributed by atoms with van der Waals surface area (Å²) in [5, 5.41) is 3.53. The van der Waals surface area contributed by atoms with Crippen LogP contribution in [0.2, 0.25) is 0 Å². The van der Waals surface area contributed by atoms with Crippen LogP contribution in [-0.2, 0) is 12.8 Å². The van der Waals surface area contributed by atoms with Crippen molar-refractivity contribution in [3.8, 4) is 5.75 Å². The van der Waals surface area contributed by atoms with E-state index < -0.39 is 0 Å². The summed E-state index contributed by atoms with van der Waals surface area (Å²) in [7, 11) is 0. The Hall–Kier alpha value is -2.04. The third-order valence-corrected chi connectivity index (χ3v) is 6.44. The largest absolute Gasteiger partial charge is 0.494 e. The summed E-state index contributed by atoms with van der Waals surface area (Å²) in [6, 6.07) is 17.2. The molecule has 2 heterocycles. The zero-order valence-electron chi connectivity index (χ0n) is 18.3. The van der Waals surface area contributed by atoms with E-state index in [0.29, 0.717) is 0 Å². The average Bonchev–Trinajstić information content (AvgIpc) is 3.00. The van der Waals surface area contributed by atoms with E-state index in [1.54, 1.807) is 0 Å². The Bertz CT molecular complexity index is 758. The Morgan fingerprint density at radius 3 is 2.37 bits per heavy atom. The molecule has 0 spiro atoms. The van der Waals surface area contributed by atoms with Crippen LogP contribution >= 0.6 is 0 Å². The van der Waals surface area contributed by atoms with Crippen molar-refractivity contribution < 1.29 is 4.74 Å². The van der Waals surface area contributed by atoms with Crippen LogP contribution in [0.5, 0.6) is 5.75 Å². The van der Waals surface area contributed by atoms with E-state index in [9.17, 15) is 0 Å². The number of ether oxygens (including phenoxy) is 1. The molecule has 4 nitrogen and oxygen atoms in total. The van der Waals surface area contributed by atoms with Crippen LogP contribution in [0.25, 0.3) is 0 Å². The number of benzene rings is 2. The van der Waals surface area contributed by atoms with E-state index in [2.05, 4.69) is 63.6 Å². The van der Waals surface area contributed by atoms with Gasteiger partial charge in [0.2, 0.25) is 0 Å². The van der Waals surface area contributed by atoms with E-state index in [1.807, 2.05) is 0 Å². The maximum atomic E-state index is 6.09. The number of piperidine rings is 1. The number of anilines is 1. The molecule has 1 fully saturated rings.